The first-order chi connectivity index (χ1) is 27.5. The Morgan fingerprint density at radius 2 is 0.712 bits per heavy atom. The Morgan fingerprint density at radius 1 is 0.373 bits per heavy atom. The van der Waals surface area contributed by atoms with Crippen LogP contribution in [-0.4, -0.2) is 117 Å². The normalized spacial score (nSPS) is 15.8. The minimum absolute atomic E-state index is 0.333. The van der Waals surface area contributed by atoms with Crippen molar-refractivity contribution in [3.63, 3.8) is 0 Å². The van der Waals surface area contributed by atoms with E-state index in [1.807, 2.05) is 62.3 Å². The van der Waals surface area contributed by atoms with Gasteiger partial charge in [0, 0.05) is 76.5 Å². The topological polar surface area (TPSA) is 111 Å². The molecule has 2 fully saturated rings. The van der Waals surface area contributed by atoms with Gasteiger partial charge in [0.25, 0.3) is 0 Å². The molecule has 2 aliphatic carbocycles. The van der Waals surface area contributed by atoms with Gasteiger partial charge in [0.05, 0.1) is 12.2 Å². The molecule has 0 aromatic heterocycles. The van der Waals surface area contributed by atoms with Crippen LogP contribution in [0.3, 0.4) is 0 Å². The van der Waals surface area contributed by atoms with Gasteiger partial charge >= 0.3 is 0 Å². The fraction of sp³-hybridized carbons (Fsp3) is 1.00. The summed E-state index contributed by atoms with van der Waals surface area (Å²) in [7, 11) is 13.2. The molecule has 2 rings (SSSR count). The van der Waals surface area contributed by atoms with E-state index in [1.54, 1.807) is 56.9 Å². The monoisotopic (exact) mass is 859 g/mol. The molecule has 0 heterocycles. The molecule has 2 saturated carbocycles. The molecular formula is C47H102O12. The first kappa shape index (κ1) is 65.1. The Labute approximate surface area is 366 Å². The van der Waals surface area contributed by atoms with E-state index in [1.165, 1.54) is 64.2 Å². The Hall–Kier alpha value is -0.480. The zero-order valence-corrected chi connectivity index (χ0v) is 43.1. The van der Waals surface area contributed by atoms with E-state index in [9.17, 15) is 0 Å². The van der Waals surface area contributed by atoms with Crippen LogP contribution in [0.1, 0.15) is 193 Å². The highest BCUT2D eigenvalue weighted by Gasteiger charge is 2.29. The van der Waals surface area contributed by atoms with Gasteiger partial charge in [-0.25, -0.2) is 0 Å². The fourth-order valence-corrected chi connectivity index (χ4v) is 6.04. The summed E-state index contributed by atoms with van der Waals surface area (Å²) >= 11 is 0. The molecule has 362 valence electrons. The van der Waals surface area contributed by atoms with Crippen LogP contribution in [0.15, 0.2) is 0 Å². The SMILES string of the molecule is CC(C)(OC1CCCCC1)OC1CCCCC1.CCC(C)(OC)OC.CCC(CC)(OC)OC.CCCC(C)(OC)OC.CCOC(C)(C)OCC.COC(C)(C)OC. The van der Waals surface area contributed by atoms with E-state index >= 15 is 0 Å². The summed E-state index contributed by atoms with van der Waals surface area (Å²) < 4.78 is 63.1. The summed E-state index contributed by atoms with van der Waals surface area (Å²) in [4.78, 5) is 0. The lowest BCUT2D eigenvalue weighted by Gasteiger charge is -2.36. The lowest BCUT2D eigenvalue weighted by Crippen LogP contribution is -2.38. The van der Waals surface area contributed by atoms with E-state index in [2.05, 4.69) is 34.6 Å². The van der Waals surface area contributed by atoms with Gasteiger partial charge in [-0.1, -0.05) is 72.6 Å². The maximum absolute atomic E-state index is 6.16. The van der Waals surface area contributed by atoms with Crippen molar-refractivity contribution in [2.24, 2.45) is 0 Å². The minimum Gasteiger partial charge on any atom is -0.354 e. The van der Waals surface area contributed by atoms with E-state index < -0.39 is 11.6 Å². The van der Waals surface area contributed by atoms with E-state index in [0.29, 0.717) is 25.4 Å². The Balaban J connectivity index is -0.000000319. The molecule has 0 saturated heterocycles. The van der Waals surface area contributed by atoms with Crippen molar-refractivity contribution < 1.29 is 56.8 Å². The van der Waals surface area contributed by atoms with Gasteiger partial charge in [0.2, 0.25) is 0 Å². The number of rotatable bonds is 21. The van der Waals surface area contributed by atoms with Gasteiger partial charge in [-0.15, -0.1) is 0 Å². The maximum atomic E-state index is 6.16. The smallest absolute Gasteiger partial charge is 0.166 e. The number of hydrogen-bond acceptors (Lipinski definition) is 12. The van der Waals surface area contributed by atoms with Gasteiger partial charge < -0.3 is 56.8 Å². The molecule has 12 nitrogen and oxygen atoms in total. The standard InChI is InChI=1S/C15H28O2.3C7H16O2.C6H14O2.C5H12O2/c1-15(2,16-13-9-5-3-6-10-13)17-14-11-7-4-8-12-14;1-5-6-7(2,8-3)9-4;1-5-7(6-2,8-3)9-4;1-5-8-7(3,4)9-6-2;1-5-6(2,7-3)8-4;1-5(2,6-3)7-4/h13-14H,3-12H2,1-2H3;3*5-6H2,1-4H3;5H2,1-4H3;1-4H3. The summed E-state index contributed by atoms with van der Waals surface area (Å²) in [6, 6.07) is 0. The Morgan fingerprint density at radius 3 is 0.864 bits per heavy atom. The summed E-state index contributed by atoms with van der Waals surface area (Å²) in [5, 5.41) is 0. The third-order valence-electron chi connectivity index (χ3n) is 10.9. The van der Waals surface area contributed by atoms with Crippen LogP contribution in [0.25, 0.3) is 0 Å². The van der Waals surface area contributed by atoms with Crippen molar-refractivity contribution in [1.82, 2.24) is 0 Å². The van der Waals surface area contributed by atoms with Crippen molar-refractivity contribution >= 4 is 0 Å². The van der Waals surface area contributed by atoms with Gasteiger partial charge in [-0.2, -0.15) is 0 Å². The quantitative estimate of drug-likeness (QED) is 0.102. The van der Waals surface area contributed by atoms with Crippen molar-refractivity contribution in [2.75, 3.05) is 70.1 Å². The third-order valence-corrected chi connectivity index (χ3v) is 10.9. The molecule has 59 heavy (non-hydrogen) atoms. The van der Waals surface area contributed by atoms with Crippen LogP contribution in [-0.2, 0) is 56.8 Å². The van der Waals surface area contributed by atoms with Crippen molar-refractivity contribution in [3.8, 4) is 0 Å². The Bertz CT molecular complexity index is 812. The molecule has 2 aliphatic rings. The molecule has 0 aromatic carbocycles. The second-order valence-electron chi connectivity index (χ2n) is 16.4. The zero-order valence-electron chi connectivity index (χ0n) is 43.1. The van der Waals surface area contributed by atoms with E-state index in [-0.39, 0.29) is 23.1 Å². The first-order valence-corrected chi connectivity index (χ1v) is 22.6. The van der Waals surface area contributed by atoms with E-state index in [0.717, 1.165) is 32.1 Å². The van der Waals surface area contributed by atoms with Gasteiger partial charge in [0.15, 0.2) is 34.7 Å². The zero-order chi connectivity index (χ0) is 46.7. The number of hydrogen-bond donors (Lipinski definition) is 0. The second-order valence-corrected chi connectivity index (χ2v) is 16.4. The fourth-order valence-electron chi connectivity index (χ4n) is 6.04. The summed E-state index contributed by atoms with van der Waals surface area (Å²) in [5.41, 5.74) is 0. The van der Waals surface area contributed by atoms with Crippen LogP contribution in [0, 0.1) is 0 Å². The van der Waals surface area contributed by atoms with Crippen LogP contribution >= 0.6 is 0 Å². The average Bonchev–Trinajstić information content (AvgIpc) is 3.23. The minimum atomic E-state index is -0.417. The maximum Gasteiger partial charge on any atom is 0.166 e. The molecule has 0 bridgehead atoms. The molecule has 12 heteroatoms. The van der Waals surface area contributed by atoms with Crippen LogP contribution in [0.4, 0.5) is 0 Å². The van der Waals surface area contributed by atoms with Crippen LogP contribution in [0.5, 0.6) is 0 Å². The lowest BCUT2D eigenvalue weighted by atomic mass is 9.97. The highest BCUT2D eigenvalue weighted by Crippen LogP contribution is 2.30. The molecule has 0 N–H and O–H groups in total. The third kappa shape index (κ3) is 35.7. The molecule has 0 atom stereocenters. The largest absolute Gasteiger partial charge is 0.354 e. The second kappa shape index (κ2) is 36.9. The molecular weight excluding hydrogens is 757 g/mol. The summed E-state index contributed by atoms with van der Waals surface area (Å²) in [6.07, 6.45) is 18.5. The van der Waals surface area contributed by atoms with Crippen LogP contribution < -0.4 is 0 Å². The highest BCUT2D eigenvalue weighted by atomic mass is 16.7. The molecule has 0 aromatic rings. The Kier molecular flexibility index (Phi) is 40.8. The van der Waals surface area contributed by atoms with Crippen molar-refractivity contribution in [2.45, 2.75) is 240 Å². The first-order valence-electron chi connectivity index (χ1n) is 22.6. The predicted molar refractivity (Wildman–Crippen MR) is 243 cm³/mol. The molecule has 0 radical (unpaired) electrons. The van der Waals surface area contributed by atoms with E-state index in [4.69, 9.17) is 56.8 Å². The lowest BCUT2D eigenvalue weighted by molar-refractivity contribution is -0.264. The number of ether oxygens (including phenoxy) is 12. The number of methoxy groups -OCH3 is 8. The van der Waals surface area contributed by atoms with Gasteiger partial charge in [-0.3, -0.25) is 0 Å². The molecule has 0 spiro atoms. The van der Waals surface area contributed by atoms with Crippen molar-refractivity contribution in [3.05, 3.63) is 0 Å². The molecule has 0 amide bonds. The predicted octanol–water partition coefficient (Wildman–Crippen LogP) is 12.2. The summed E-state index contributed by atoms with van der Waals surface area (Å²) in [5.74, 6) is -2.28. The van der Waals surface area contributed by atoms with Gasteiger partial charge in [0.1, 0.15) is 0 Å². The summed E-state index contributed by atoms with van der Waals surface area (Å²) in [6.45, 7) is 29.1. The molecule has 0 unspecified atom stereocenters. The molecule has 0 aliphatic heterocycles. The van der Waals surface area contributed by atoms with Crippen LogP contribution in [0.2, 0.25) is 0 Å². The highest BCUT2D eigenvalue weighted by molar-refractivity contribution is 4.72. The van der Waals surface area contributed by atoms with Gasteiger partial charge in [-0.05, 0) is 114 Å². The van der Waals surface area contributed by atoms with Crippen molar-refractivity contribution in [1.29, 1.82) is 0 Å². The average molecular weight is 859 g/mol.